The standard InChI is InChI=1S/C18H19ClN2O3/c1-11-5-7-14(15(19)9-11)18(22)21-20-12(2)13-6-8-16(23-3)17(10-13)24-4/h5-10H,1-4H3,(H,21,22). The van der Waals surface area contributed by atoms with E-state index in [4.69, 9.17) is 21.1 Å². The number of ether oxygens (including phenoxy) is 2. The lowest BCUT2D eigenvalue weighted by atomic mass is 10.1. The van der Waals surface area contributed by atoms with Crippen molar-refractivity contribution < 1.29 is 14.3 Å². The summed E-state index contributed by atoms with van der Waals surface area (Å²) in [6, 6.07) is 10.7. The number of hydrogen-bond acceptors (Lipinski definition) is 4. The van der Waals surface area contributed by atoms with Gasteiger partial charge >= 0.3 is 0 Å². The predicted octanol–water partition coefficient (Wildman–Crippen LogP) is 3.82. The van der Waals surface area contributed by atoms with E-state index in [1.165, 1.54) is 0 Å². The summed E-state index contributed by atoms with van der Waals surface area (Å²) in [5, 5.41) is 4.52. The molecule has 5 nitrogen and oxygen atoms in total. The Bertz CT molecular complexity index is 788. The number of hydrogen-bond donors (Lipinski definition) is 1. The number of methoxy groups -OCH3 is 2. The third kappa shape index (κ3) is 4.06. The molecule has 0 unspecified atom stereocenters. The van der Waals surface area contributed by atoms with Crippen molar-refractivity contribution >= 4 is 23.2 Å². The van der Waals surface area contributed by atoms with Gasteiger partial charge in [-0.15, -0.1) is 0 Å². The fourth-order valence-corrected chi connectivity index (χ4v) is 2.45. The second-order valence-electron chi connectivity index (χ2n) is 5.19. The number of aryl methyl sites for hydroxylation is 1. The maximum Gasteiger partial charge on any atom is 0.272 e. The number of amides is 1. The Labute approximate surface area is 146 Å². The van der Waals surface area contributed by atoms with Gasteiger partial charge < -0.3 is 9.47 Å². The first-order valence-corrected chi connectivity index (χ1v) is 7.67. The molecule has 0 atom stereocenters. The molecule has 0 aromatic heterocycles. The van der Waals surface area contributed by atoms with Gasteiger partial charge in [-0.3, -0.25) is 4.79 Å². The van der Waals surface area contributed by atoms with Gasteiger partial charge in [0.2, 0.25) is 0 Å². The van der Waals surface area contributed by atoms with E-state index >= 15 is 0 Å². The predicted molar refractivity (Wildman–Crippen MR) is 95.4 cm³/mol. The maximum atomic E-state index is 12.2. The molecule has 24 heavy (non-hydrogen) atoms. The van der Waals surface area contributed by atoms with Crippen molar-refractivity contribution in [2.45, 2.75) is 13.8 Å². The topological polar surface area (TPSA) is 59.9 Å². The first-order valence-electron chi connectivity index (χ1n) is 7.29. The molecule has 2 aromatic rings. The minimum atomic E-state index is -0.361. The van der Waals surface area contributed by atoms with Crippen LogP contribution in [0.25, 0.3) is 0 Å². The second-order valence-corrected chi connectivity index (χ2v) is 5.60. The number of carbonyl (C=O) groups is 1. The largest absolute Gasteiger partial charge is 0.493 e. The van der Waals surface area contributed by atoms with E-state index in [9.17, 15) is 4.79 Å². The Balaban J connectivity index is 2.18. The molecule has 126 valence electrons. The molecule has 2 rings (SSSR count). The number of hydrazone groups is 1. The van der Waals surface area contributed by atoms with E-state index in [1.807, 2.05) is 19.1 Å². The summed E-state index contributed by atoms with van der Waals surface area (Å²) < 4.78 is 10.5. The summed E-state index contributed by atoms with van der Waals surface area (Å²) >= 11 is 6.09. The second kappa shape index (κ2) is 7.84. The third-order valence-corrected chi connectivity index (χ3v) is 3.81. The van der Waals surface area contributed by atoms with Crippen molar-refractivity contribution in [2.24, 2.45) is 5.10 Å². The molecule has 1 amide bonds. The van der Waals surface area contributed by atoms with Gasteiger partial charge in [0, 0.05) is 5.56 Å². The minimum absolute atomic E-state index is 0.361. The van der Waals surface area contributed by atoms with E-state index in [-0.39, 0.29) is 5.91 Å². The van der Waals surface area contributed by atoms with Crippen LogP contribution in [-0.4, -0.2) is 25.8 Å². The fourth-order valence-electron chi connectivity index (χ4n) is 2.12. The monoisotopic (exact) mass is 346 g/mol. The molecule has 1 N–H and O–H groups in total. The van der Waals surface area contributed by atoms with E-state index in [0.717, 1.165) is 11.1 Å². The van der Waals surface area contributed by atoms with Gasteiger partial charge in [0.05, 0.1) is 30.5 Å². The molecule has 6 heteroatoms. The number of halogens is 1. The summed E-state index contributed by atoms with van der Waals surface area (Å²) in [6.07, 6.45) is 0. The van der Waals surface area contributed by atoms with E-state index in [0.29, 0.717) is 27.8 Å². The molecule has 0 spiro atoms. The molecular formula is C18H19ClN2O3. The van der Waals surface area contributed by atoms with Gasteiger partial charge in [0.15, 0.2) is 11.5 Å². The molecule has 2 aromatic carbocycles. The van der Waals surface area contributed by atoms with Crippen LogP contribution < -0.4 is 14.9 Å². The number of rotatable bonds is 5. The van der Waals surface area contributed by atoms with Gasteiger partial charge in [-0.05, 0) is 49.7 Å². The zero-order chi connectivity index (χ0) is 17.7. The summed E-state index contributed by atoms with van der Waals surface area (Å²) in [5.41, 5.74) is 5.32. The molecule has 0 fully saturated rings. The lowest BCUT2D eigenvalue weighted by Crippen LogP contribution is -2.19. The van der Waals surface area contributed by atoms with Crippen LogP contribution in [0, 0.1) is 6.92 Å². The first kappa shape index (κ1) is 17.8. The van der Waals surface area contributed by atoms with Crippen LogP contribution in [0.2, 0.25) is 5.02 Å². The van der Waals surface area contributed by atoms with Crippen LogP contribution in [0.5, 0.6) is 11.5 Å². The van der Waals surface area contributed by atoms with Gasteiger partial charge in [0.1, 0.15) is 0 Å². The summed E-state index contributed by atoms with van der Waals surface area (Å²) in [7, 11) is 3.14. The maximum absolute atomic E-state index is 12.2. The Morgan fingerprint density at radius 1 is 1.08 bits per heavy atom. The zero-order valence-electron chi connectivity index (χ0n) is 14.0. The number of benzene rings is 2. The van der Waals surface area contributed by atoms with Crippen molar-refractivity contribution in [1.29, 1.82) is 0 Å². The summed E-state index contributed by atoms with van der Waals surface area (Å²) in [5.74, 6) is 0.863. The van der Waals surface area contributed by atoms with Crippen LogP contribution in [0.4, 0.5) is 0 Å². The first-order chi connectivity index (χ1) is 11.5. The van der Waals surface area contributed by atoms with Gasteiger partial charge in [-0.1, -0.05) is 17.7 Å². The van der Waals surface area contributed by atoms with Crippen molar-refractivity contribution in [3.63, 3.8) is 0 Å². The van der Waals surface area contributed by atoms with Crippen molar-refractivity contribution in [1.82, 2.24) is 5.43 Å². The fraction of sp³-hybridized carbons (Fsp3) is 0.222. The highest BCUT2D eigenvalue weighted by atomic mass is 35.5. The molecule has 0 aliphatic carbocycles. The highest BCUT2D eigenvalue weighted by Gasteiger charge is 2.11. The van der Waals surface area contributed by atoms with Crippen LogP contribution in [0.15, 0.2) is 41.5 Å². The molecule has 0 bridgehead atoms. The normalized spacial score (nSPS) is 11.1. The number of carbonyl (C=O) groups excluding carboxylic acids is 1. The van der Waals surface area contributed by atoms with Crippen LogP contribution in [0.1, 0.15) is 28.4 Å². The van der Waals surface area contributed by atoms with E-state index < -0.39 is 0 Å². The molecule has 0 aliphatic rings. The Morgan fingerprint density at radius 3 is 2.42 bits per heavy atom. The van der Waals surface area contributed by atoms with Gasteiger partial charge in [-0.2, -0.15) is 5.10 Å². The summed E-state index contributed by atoms with van der Waals surface area (Å²) in [6.45, 7) is 3.70. The average Bonchev–Trinajstić information content (AvgIpc) is 2.58. The average molecular weight is 347 g/mol. The zero-order valence-corrected chi connectivity index (χ0v) is 14.8. The molecule has 0 saturated carbocycles. The smallest absolute Gasteiger partial charge is 0.272 e. The molecular weight excluding hydrogens is 328 g/mol. The highest BCUT2D eigenvalue weighted by molar-refractivity contribution is 6.33. The lowest BCUT2D eigenvalue weighted by Gasteiger charge is -2.09. The van der Waals surface area contributed by atoms with E-state index in [1.54, 1.807) is 45.4 Å². The van der Waals surface area contributed by atoms with Crippen molar-refractivity contribution in [3.05, 3.63) is 58.1 Å². The number of nitrogens with zero attached hydrogens (tertiary/aromatic N) is 1. The van der Waals surface area contributed by atoms with Crippen molar-refractivity contribution in [3.8, 4) is 11.5 Å². The molecule has 0 aliphatic heterocycles. The third-order valence-electron chi connectivity index (χ3n) is 3.50. The van der Waals surface area contributed by atoms with Crippen LogP contribution in [-0.2, 0) is 0 Å². The van der Waals surface area contributed by atoms with Gasteiger partial charge in [-0.25, -0.2) is 5.43 Å². The van der Waals surface area contributed by atoms with Crippen LogP contribution >= 0.6 is 11.6 Å². The lowest BCUT2D eigenvalue weighted by molar-refractivity contribution is 0.0955. The molecule has 0 radical (unpaired) electrons. The van der Waals surface area contributed by atoms with E-state index in [2.05, 4.69) is 10.5 Å². The Morgan fingerprint density at radius 2 is 1.79 bits per heavy atom. The SMILES string of the molecule is COc1ccc(C(C)=NNC(=O)c2ccc(C)cc2Cl)cc1OC. The van der Waals surface area contributed by atoms with Gasteiger partial charge in [0.25, 0.3) is 5.91 Å². The molecule has 0 heterocycles. The highest BCUT2D eigenvalue weighted by Crippen LogP contribution is 2.27. The Hall–Kier alpha value is -2.53. The Kier molecular flexibility index (Phi) is 5.82. The summed E-state index contributed by atoms with van der Waals surface area (Å²) in [4.78, 5) is 12.2. The number of nitrogens with one attached hydrogen (secondary N) is 1. The minimum Gasteiger partial charge on any atom is -0.493 e. The van der Waals surface area contributed by atoms with Crippen LogP contribution in [0.3, 0.4) is 0 Å². The molecule has 0 saturated heterocycles. The quantitative estimate of drug-likeness (QED) is 0.661. The van der Waals surface area contributed by atoms with Crippen molar-refractivity contribution in [2.75, 3.05) is 14.2 Å².